The number of nitrogens with zero attached hydrogens (tertiary/aromatic N) is 2. The highest BCUT2D eigenvalue weighted by molar-refractivity contribution is 7.93. The summed E-state index contributed by atoms with van der Waals surface area (Å²) in [4.78, 5) is 4.65. The lowest BCUT2D eigenvalue weighted by molar-refractivity contribution is 0.530. The van der Waals surface area contributed by atoms with Crippen LogP contribution in [0.3, 0.4) is 0 Å². The average Bonchev–Trinajstić information content (AvgIpc) is 2.94. The number of hydrogen-bond acceptors (Lipinski definition) is 3. The number of anilines is 1. The predicted octanol–water partition coefficient (Wildman–Crippen LogP) is 4.06. The van der Waals surface area contributed by atoms with E-state index in [1.807, 2.05) is 29.7 Å². The molecule has 1 N–H and O–H groups in total. The Morgan fingerprint density at radius 3 is 2.64 bits per heavy atom. The van der Waals surface area contributed by atoms with E-state index in [1.165, 1.54) is 0 Å². The maximum atomic E-state index is 13.0. The van der Waals surface area contributed by atoms with Crippen molar-refractivity contribution in [2.24, 2.45) is 5.92 Å². The quantitative estimate of drug-likeness (QED) is 0.724. The molecule has 132 valence electrons. The third-order valence-corrected chi connectivity index (χ3v) is 5.48. The second-order valence-electron chi connectivity index (χ2n) is 6.53. The van der Waals surface area contributed by atoms with Gasteiger partial charge in [0.15, 0.2) is 0 Å². The largest absolute Gasteiger partial charge is 0.331 e. The van der Waals surface area contributed by atoms with Crippen molar-refractivity contribution in [3.8, 4) is 0 Å². The van der Waals surface area contributed by atoms with Gasteiger partial charge in [-0.25, -0.2) is 13.4 Å². The van der Waals surface area contributed by atoms with Crippen LogP contribution in [0.25, 0.3) is 11.0 Å². The number of aromatic nitrogens is 2. The number of para-hydroxylation sites is 1. The number of benzene rings is 1. The molecule has 3 rings (SSSR count). The second-order valence-corrected chi connectivity index (χ2v) is 8.18. The van der Waals surface area contributed by atoms with Crippen LogP contribution in [0.2, 0.25) is 0 Å². The molecule has 0 fully saturated rings. The number of sulfonamides is 1. The van der Waals surface area contributed by atoms with E-state index in [9.17, 15) is 8.42 Å². The lowest BCUT2D eigenvalue weighted by Crippen LogP contribution is -2.14. The Morgan fingerprint density at radius 2 is 1.92 bits per heavy atom. The summed E-state index contributed by atoms with van der Waals surface area (Å²) < 4.78 is 30.7. The van der Waals surface area contributed by atoms with Crippen molar-refractivity contribution in [3.63, 3.8) is 0 Å². The van der Waals surface area contributed by atoms with Crippen molar-refractivity contribution < 1.29 is 8.42 Å². The van der Waals surface area contributed by atoms with Crippen molar-refractivity contribution in [2.75, 3.05) is 4.72 Å². The van der Waals surface area contributed by atoms with Crippen LogP contribution in [0.4, 0.5) is 5.69 Å². The fourth-order valence-electron chi connectivity index (χ4n) is 2.97. The first-order valence-corrected chi connectivity index (χ1v) is 9.95. The monoisotopic (exact) mass is 357 g/mol. The van der Waals surface area contributed by atoms with E-state index in [2.05, 4.69) is 23.6 Å². The van der Waals surface area contributed by atoms with Crippen LogP contribution in [0.15, 0.2) is 53.7 Å². The van der Waals surface area contributed by atoms with Gasteiger partial charge in [-0.05, 0) is 36.1 Å². The smallest absolute Gasteiger partial charge is 0.264 e. The van der Waals surface area contributed by atoms with Gasteiger partial charge in [0.2, 0.25) is 0 Å². The molecular formula is C19H23N3O2S. The normalized spacial score (nSPS) is 12.0. The van der Waals surface area contributed by atoms with Crippen molar-refractivity contribution in [1.29, 1.82) is 0 Å². The number of fused-ring (bicyclic) bond motifs is 1. The Labute approximate surface area is 148 Å². The number of aryl methyl sites for hydroxylation is 1. The van der Waals surface area contributed by atoms with Crippen LogP contribution in [0.5, 0.6) is 0 Å². The lowest BCUT2D eigenvalue weighted by atomic mass is 10.1. The summed E-state index contributed by atoms with van der Waals surface area (Å²) >= 11 is 0. The van der Waals surface area contributed by atoms with Gasteiger partial charge in [-0.1, -0.05) is 39.0 Å². The van der Waals surface area contributed by atoms with Gasteiger partial charge in [0.25, 0.3) is 10.0 Å². The molecule has 2 heterocycles. The molecule has 5 nitrogen and oxygen atoms in total. The fraction of sp³-hybridized carbons (Fsp3) is 0.316. The molecule has 0 saturated carbocycles. The molecule has 0 radical (unpaired) electrons. The van der Waals surface area contributed by atoms with Gasteiger partial charge < -0.3 is 4.57 Å². The van der Waals surface area contributed by atoms with E-state index >= 15 is 0 Å². The van der Waals surface area contributed by atoms with Crippen molar-refractivity contribution in [3.05, 3.63) is 54.4 Å². The standard InChI is InChI=1S/C19H23N3O2S/c1-4-15-8-5-6-10-17(15)21-25(23,24)18-13-22(12-14(2)3)19-16(18)9-7-11-20-19/h5-11,13-14,21H,4,12H2,1-3H3. The highest BCUT2D eigenvalue weighted by Crippen LogP contribution is 2.27. The Balaban J connectivity index is 2.08. The summed E-state index contributed by atoms with van der Waals surface area (Å²) in [7, 11) is -3.70. The molecule has 6 heteroatoms. The van der Waals surface area contributed by atoms with Crippen molar-refractivity contribution in [1.82, 2.24) is 9.55 Å². The van der Waals surface area contributed by atoms with E-state index in [0.29, 0.717) is 29.2 Å². The SMILES string of the molecule is CCc1ccccc1NS(=O)(=O)c1cn(CC(C)C)c2ncccc12. The molecule has 0 aliphatic rings. The topological polar surface area (TPSA) is 64.0 Å². The van der Waals surface area contributed by atoms with Crippen molar-refractivity contribution >= 4 is 26.7 Å². The van der Waals surface area contributed by atoms with Gasteiger partial charge in [0.1, 0.15) is 10.5 Å². The minimum absolute atomic E-state index is 0.266. The summed E-state index contributed by atoms with van der Waals surface area (Å²) in [5, 5.41) is 0.643. The molecule has 2 aromatic heterocycles. The molecule has 25 heavy (non-hydrogen) atoms. The van der Waals surface area contributed by atoms with E-state index < -0.39 is 10.0 Å². The minimum atomic E-state index is -3.70. The van der Waals surface area contributed by atoms with Crippen molar-refractivity contribution in [2.45, 2.75) is 38.6 Å². The summed E-state index contributed by atoms with van der Waals surface area (Å²) in [5.74, 6) is 0.391. The molecule has 0 atom stereocenters. The Bertz CT molecular complexity index is 991. The van der Waals surface area contributed by atoms with Crippen LogP contribution in [-0.2, 0) is 23.0 Å². The van der Waals surface area contributed by atoms with Crippen LogP contribution in [0, 0.1) is 5.92 Å². The summed E-state index contributed by atoms with van der Waals surface area (Å²) in [6.45, 7) is 6.91. The summed E-state index contributed by atoms with van der Waals surface area (Å²) in [6, 6.07) is 11.0. The van der Waals surface area contributed by atoms with Gasteiger partial charge in [0.05, 0.1) is 5.69 Å². The fourth-order valence-corrected chi connectivity index (χ4v) is 4.28. The Hall–Kier alpha value is -2.34. The second kappa shape index (κ2) is 6.88. The number of pyridine rings is 1. The van der Waals surface area contributed by atoms with Gasteiger partial charge >= 0.3 is 0 Å². The van der Waals surface area contributed by atoms with Crippen LogP contribution < -0.4 is 4.72 Å². The lowest BCUT2D eigenvalue weighted by Gasteiger charge is -2.11. The third-order valence-electron chi connectivity index (χ3n) is 4.09. The predicted molar refractivity (Wildman–Crippen MR) is 101 cm³/mol. The average molecular weight is 357 g/mol. The van der Waals surface area contributed by atoms with E-state index in [1.54, 1.807) is 30.6 Å². The molecule has 0 aliphatic heterocycles. The zero-order valence-electron chi connectivity index (χ0n) is 14.7. The van der Waals surface area contributed by atoms with Gasteiger partial charge in [-0.15, -0.1) is 0 Å². The molecule has 3 aromatic rings. The van der Waals surface area contributed by atoms with Crippen LogP contribution in [0.1, 0.15) is 26.3 Å². The summed E-state index contributed by atoms with van der Waals surface area (Å²) in [5.41, 5.74) is 2.29. The summed E-state index contributed by atoms with van der Waals surface area (Å²) in [6.07, 6.45) is 4.14. The maximum Gasteiger partial charge on any atom is 0.264 e. The molecular weight excluding hydrogens is 334 g/mol. The number of nitrogens with one attached hydrogen (secondary N) is 1. The number of hydrogen-bond donors (Lipinski definition) is 1. The van der Waals surface area contributed by atoms with Gasteiger partial charge in [0, 0.05) is 24.3 Å². The molecule has 0 bridgehead atoms. The first-order chi connectivity index (χ1) is 11.9. The molecule has 0 spiro atoms. The number of rotatable bonds is 6. The molecule has 0 unspecified atom stereocenters. The zero-order valence-corrected chi connectivity index (χ0v) is 15.5. The van der Waals surface area contributed by atoms with E-state index in [-0.39, 0.29) is 4.90 Å². The maximum absolute atomic E-state index is 13.0. The van der Waals surface area contributed by atoms with Gasteiger partial charge in [-0.2, -0.15) is 0 Å². The van der Waals surface area contributed by atoms with E-state index in [4.69, 9.17) is 0 Å². The first kappa shape index (κ1) is 17.5. The highest BCUT2D eigenvalue weighted by Gasteiger charge is 2.22. The zero-order chi connectivity index (χ0) is 18.0. The minimum Gasteiger partial charge on any atom is -0.331 e. The van der Waals surface area contributed by atoms with Crippen LogP contribution in [-0.4, -0.2) is 18.0 Å². The highest BCUT2D eigenvalue weighted by atomic mass is 32.2. The first-order valence-electron chi connectivity index (χ1n) is 8.47. The molecule has 0 amide bonds. The van der Waals surface area contributed by atoms with E-state index in [0.717, 1.165) is 12.0 Å². The molecule has 1 aromatic carbocycles. The Morgan fingerprint density at radius 1 is 1.16 bits per heavy atom. The van der Waals surface area contributed by atoms with Gasteiger partial charge in [-0.3, -0.25) is 4.72 Å². The van der Waals surface area contributed by atoms with Crippen LogP contribution >= 0.6 is 0 Å². The Kier molecular flexibility index (Phi) is 4.81. The molecule has 0 saturated heterocycles. The molecule has 0 aliphatic carbocycles. The third kappa shape index (κ3) is 3.54.